The normalized spacial score (nSPS) is 10.1. The van der Waals surface area contributed by atoms with Crippen LogP contribution in [0.2, 0.25) is 0 Å². The predicted molar refractivity (Wildman–Crippen MR) is 63.9 cm³/mol. The van der Waals surface area contributed by atoms with E-state index in [1.807, 2.05) is 20.0 Å². The molecule has 0 atom stereocenters. The Labute approximate surface area is 97.8 Å². The molecular formula is C10H12N4OS. The Morgan fingerprint density at radius 2 is 2.25 bits per heavy atom. The zero-order chi connectivity index (χ0) is 11.4. The lowest BCUT2D eigenvalue weighted by atomic mass is 10.2. The molecule has 0 saturated heterocycles. The minimum atomic E-state index is 0.624. The first-order valence-electron chi connectivity index (χ1n) is 4.93. The molecule has 2 aromatic rings. The fourth-order valence-electron chi connectivity index (χ4n) is 1.34. The molecular weight excluding hydrogens is 224 g/mol. The zero-order valence-electron chi connectivity index (χ0n) is 9.10. The molecule has 16 heavy (non-hydrogen) atoms. The number of anilines is 1. The van der Waals surface area contributed by atoms with Crippen molar-refractivity contribution >= 4 is 17.5 Å². The molecule has 0 aromatic carbocycles. The number of hydrogen-bond donors (Lipinski definition) is 1. The van der Waals surface area contributed by atoms with Crippen molar-refractivity contribution in [3.63, 3.8) is 0 Å². The Hall–Kier alpha value is -1.69. The Morgan fingerprint density at radius 3 is 3.00 bits per heavy atom. The van der Waals surface area contributed by atoms with Crippen molar-refractivity contribution in [2.75, 3.05) is 19.0 Å². The summed E-state index contributed by atoms with van der Waals surface area (Å²) in [6.45, 7) is 2.56. The van der Waals surface area contributed by atoms with Crippen molar-refractivity contribution in [1.82, 2.24) is 13.7 Å². The number of aromatic nitrogens is 3. The van der Waals surface area contributed by atoms with E-state index in [0.29, 0.717) is 6.61 Å². The van der Waals surface area contributed by atoms with Crippen LogP contribution in [0.3, 0.4) is 0 Å². The van der Waals surface area contributed by atoms with E-state index >= 15 is 0 Å². The molecule has 0 radical (unpaired) electrons. The van der Waals surface area contributed by atoms with Crippen LogP contribution < -0.4 is 10.1 Å². The number of ether oxygens (including phenoxy) is 1. The maximum atomic E-state index is 5.39. The summed E-state index contributed by atoms with van der Waals surface area (Å²) in [5.41, 5.74) is 1.71. The van der Waals surface area contributed by atoms with E-state index in [4.69, 9.17) is 4.74 Å². The molecule has 0 aliphatic rings. The predicted octanol–water partition coefficient (Wildman–Crippen LogP) is 2.04. The molecule has 84 valence electrons. The van der Waals surface area contributed by atoms with Gasteiger partial charge in [-0.25, -0.2) is 0 Å². The van der Waals surface area contributed by atoms with Crippen molar-refractivity contribution in [2.24, 2.45) is 0 Å². The summed E-state index contributed by atoms with van der Waals surface area (Å²) in [7, 11) is 1.82. The standard InChI is InChI=1S/C10H12N4OS/c1-3-15-8-4-7(5-12-6-8)9-10(11-2)14-16-13-9/h4-6H,3H2,1-2H3,(H,11,14). The largest absolute Gasteiger partial charge is 0.492 e. The smallest absolute Gasteiger partial charge is 0.167 e. The molecule has 2 aromatic heterocycles. The number of nitrogens with one attached hydrogen (secondary N) is 1. The second kappa shape index (κ2) is 4.89. The minimum Gasteiger partial charge on any atom is -0.492 e. The van der Waals surface area contributed by atoms with Crippen LogP contribution in [0.25, 0.3) is 11.3 Å². The maximum absolute atomic E-state index is 5.39. The lowest BCUT2D eigenvalue weighted by Gasteiger charge is -2.04. The molecule has 1 N–H and O–H groups in total. The third kappa shape index (κ3) is 2.11. The van der Waals surface area contributed by atoms with Crippen LogP contribution in [0.5, 0.6) is 5.75 Å². The van der Waals surface area contributed by atoms with Crippen LogP contribution in [-0.4, -0.2) is 27.4 Å². The molecule has 0 fully saturated rings. The van der Waals surface area contributed by atoms with Gasteiger partial charge in [0.25, 0.3) is 0 Å². The fourth-order valence-corrected chi connectivity index (χ4v) is 1.91. The third-order valence-electron chi connectivity index (χ3n) is 2.02. The first-order chi connectivity index (χ1) is 7.85. The van der Waals surface area contributed by atoms with Crippen LogP contribution in [-0.2, 0) is 0 Å². The number of rotatable bonds is 4. The van der Waals surface area contributed by atoms with Crippen molar-refractivity contribution < 1.29 is 4.74 Å². The number of hydrogen-bond acceptors (Lipinski definition) is 6. The average Bonchev–Trinajstić information content (AvgIpc) is 2.78. The van der Waals surface area contributed by atoms with Gasteiger partial charge in [-0.1, -0.05) is 0 Å². The van der Waals surface area contributed by atoms with Gasteiger partial charge in [0.15, 0.2) is 5.82 Å². The van der Waals surface area contributed by atoms with Crippen LogP contribution in [0, 0.1) is 0 Å². The highest BCUT2D eigenvalue weighted by molar-refractivity contribution is 6.99. The van der Waals surface area contributed by atoms with Crippen molar-refractivity contribution in [1.29, 1.82) is 0 Å². The van der Waals surface area contributed by atoms with Gasteiger partial charge < -0.3 is 10.1 Å². The van der Waals surface area contributed by atoms with E-state index in [2.05, 4.69) is 19.0 Å². The van der Waals surface area contributed by atoms with E-state index in [9.17, 15) is 0 Å². The maximum Gasteiger partial charge on any atom is 0.167 e. The van der Waals surface area contributed by atoms with Gasteiger partial charge in [-0.3, -0.25) is 4.98 Å². The Bertz CT molecular complexity index is 471. The fraction of sp³-hybridized carbons (Fsp3) is 0.300. The highest BCUT2D eigenvalue weighted by Crippen LogP contribution is 2.27. The van der Waals surface area contributed by atoms with Crippen LogP contribution in [0.15, 0.2) is 18.5 Å². The Balaban J connectivity index is 2.36. The number of pyridine rings is 1. The number of nitrogens with zero attached hydrogens (tertiary/aromatic N) is 3. The van der Waals surface area contributed by atoms with Gasteiger partial charge in [0.05, 0.1) is 24.5 Å². The molecule has 2 rings (SSSR count). The first-order valence-corrected chi connectivity index (χ1v) is 5.66. The highest BCUT2D eigenvalue weighted by Gasteiger charge is 2.10. The van der Waals surface area contributed by atoms with Crippen molar-refractivity contribution in [3.8, 4) is 17.0 Å². The lowest BCUT2D eigenvalue weighted by Crippen LogP contribution is -1.94. The molecule has 0 bridgehead atoms. The Morgan fingerprint density at radius 1 is 1.38 bits per heavy atom. The summed E-state index contributed by atoms with van der Waals surface area (Å²) < 4.78 is 13.8. The van der Waals surface area contributed by atoms with E-state index in [1.165, 1.54) is 11.7 Å². The van der Waals surface area contributed by atoms with E-state index in [0.717, 1.165) is 22.8 Å². The van der Waals surface area contributed by atoms with Crippen molar-refractivity contribution in [3.05, 3.63) is 18.5 Å². The zero-order valence-corrected chi connectivity index (χ0v) is 9.91. The summed E-state index contributed by atoms with van der Waals surface area (Å²) in [4.78, 5) is 4.12. The topological polar surface area (TPSA) is 59.9 Å². The van der Waals surface area contributed by atoms with Gasteiger partial charge in [0.2, 0.25) is 0 Å². The monoisotopic (exact) mass is 236 g/mol. The minimum absolute atomic E-state index is 0.624. The molecule has 5 nitrogen and oxygen atoms in total. The van der Waals surface area contributed by atoms with Gasteiger partial charge in [0, 0.05) is 18.8 Å². The van der Waals surface area contributed by atoms with Gasteiger partial charge in [-0.05, 0) is 13.0 Å². The molecule has 0 aliphatic carbocycles. The lowest BCUT2D eigenvalue weighted by molar-refractivity contribution is 0.339. The van der Waals surface area contributed by atoms with Crippen LogP contribution in [0.1, 0.15) is 6.92 Å². The van der Waals surface area contributed by atoms with Gasteiger partial charge in [-0.2, -0.15) is 8.75 Å². The van der Waals surface area contributed by atoms with E-state index in [-0.39, 0.29) is 0 Å². The molecule has 0 aliphatic heterocycles. The van der Waals surface area contributed by atoms with Crippen molar-refractivity contribution in [2.45, 2.75) is 6.92 Å². The van der Waals surface area contributed by atoms with Crippen LogP contribution in [0.4, 0.5) is 5.82 Å². The summed E-state index contributed by atoms with van der Waals surface area (Å²) in [5, 5.41) is 2.99. The average molecular weight is 236 g/mol. The molecule has 0 unspecified atom stereocenters. The molecule has 2 heterocycles. The second-order valence-electron chi connectivity index (χ2n) is 3.05. The molecule has 0 saturated carbocycles. The van der Waals surface area contributed by atoms with Gasteiger partial charge in [-0.15, -0.1) is 0 Å². The summed E-state index contributed by atoms with van der Waals surface area (Å²) in [5.74, 6) is 1.51. The quantitative estimate of drug-likeness (QED) is 0.880. The van der Waals surface area contributed by atoms with Gasteiger partial charge >= 0.3 is 0 Å². The Kier molecular flexibility index (Phi) is 3.31. The van der Waals surface area contributed by atoms with Crippen LogP contribution >= 0.6 is 11.7 Å². The highest BCUT2D eigenvalue weighted by atomic mass is 32.1. The summed E-state index contributed by atoms with van der Waals surface area (Å²) in [6, 6.07) is 1.91. The van der Waals surface area contributed by atoms with E-state index < -0.39 is 0 Å². The molecule has 0 spiro atoms. The summed E-state index contributed by atoms with van der Waals surface area (Å²) in [6.07, 6.45) is 3.44. The first kappa shape index (κ1) is 10.8. The van der Waals surface area contributed by atoms with Gasteiger partial charge in [0.1, 0.15) is 11.4 Å². The van der Waals surface area contributed by atoms with E-state index in [1.54, 1.807) is 12.4 Å². The second-order valence-corrected chi connectivity index (χ2v) is 3.58. The third-order valence-corrected chi connectivity index (χ3v) is 2.55. The molecule has 6 heteroatoms. The SMILES string of the molecule is CCOc1cncc(-c2nsnc2NC)c1. The molecule has 0 amide bonds. The summed E-state index contributed by atoms with van der Waals surface area (Å²) >= 11 is 1.17.